The smallest absolute Gasteiger partial charge is 0.243 e. The molecule has 2 heterocycles. The highest BCUT2D eigenvalue weighted by Gasteiger charge is 2.33. The summed E-state index contributed by atoms with van der Waals surface area (Å²) < 4.78 is 42.5. The highest BCUT2D eigenvalue weighted by atomic mass is 32.2. The summed E-state index contributed by atoms with van der Waals surface area (Å²) in [5.41, 5.74) is 1.70. The van der Waals surface area contributed by atoms with Crippen LogP contribution >= 0.6 is 0 Å². The standard InChI is InChI=1S/C23H25FN4O2S/c1-27(2)23-25-15-20(19-12-6-7-13-21(19)24)22(26-23)17-9-8-14-28(16-17)31(29,30)18-10-4-3-5-11-18/h3-7,10-13,15,17H,8-9,14,16H2,1-2H3/t17-/m1/s1. The van der Waals surface area contributed by atoms with Crippen LogP contribution in [0.15, 0.2) is 65.7 Å². The van der Waals surface area contributed by atoms with Crippen molar-refractivity contribution in [1.82, 2.24) is 14.3 Å². The summed E-state index contributed by atoms with van der Waals surface area (Å²) >= 11 is 0. The highest BCUT2D eigenvalue weighted by molar-refractivity contribution is 7.89. The fourth-order valence-corrected chi connectivity index (χ4v) is 5.47. The minimum atomic E-state index is -3.61. The van der Waals surface area contributed by atoms with Crippen LogP contribution in [0.3, 0.4) is 0 Å². The number of benzene rings is 2. The van der Waals surface area contributed by atoms with E-state index in [2.05, 4.69) is 4.98 Å². The first-order valence-electron chi connectivity index (χ1n) is 10.2. The summed E-state index contributed by atoms with van der Waals surface area (Å²) in [7, 11) is 0.0748. The molecule has 4 rings (SSSR count). The summed E-state index contributed by atoms with van der Waals surface area (Å²) in [6.07, 6.45) is 3.11. The average Bonchev–Trinajstić information content (AvgIpc) is 2.80. The van der Waals surface area contributed by atoms with Crippen molar-refractivity contribution in [3.05, 3.63) is 72.3 Å². The van der Waals surface area contributed by atoms with Crippen LogP contribution in [-0.4, -0.2) is 49.9 Å². The van der Waals surface area contributed by atoms with Gasteiger partial charge in [0, 0.05) is 50.4 Å². The fraction of sp³-hybridized carbons (Fsp3) is 0.304. The molecule has 6 nitrogen and oxygen atoms in total. The van der Waals surface area contributed by atoms with Crippen molar-refractivity contribution in [3.8, 4) is 11.1 Å². The van der Waals surface area contributed by atoms with Crippen molar-refractivity contribution in [2.45, 2.75) is 23.7 Å². The van der Waals surface area contributed by atoms with Crippen LogP contribution in [0, 0.1) is 5.82 Å². The molecular formula is C23H25FN4O2S. The van der Waals surface area contributed by atoms with Crippen LogP contribution in [0.25, 0.3) is 11.1 Å². The van der Waals surface area contributed by atoms with Gasteiger partial charge in [-0.25, -0.2) is 22.8 Å². The van der Waals surface area contributed by atoms with Gasteiger partial charge in [0.05, 0.1) is 10.6 Å². The lowest BCUT2D eigenvalue weighted by molar-refractivity contribution is 0.313. The van der Waals surface area contributed by atoms with Gasteiger partial charge in [0.15, 0.2) is 0 Å². The van der Waals surface area contributed by atoms with Gasteiger partial charge in [0.2, 0.25) is 16.0 Å². The molecule has 1 aliphatic heterocycles. The number of nitrogens with zero attached hydrogens (tertiary/aromatic N) is 4. The number of halogens is 1. The molecule has 1 aliphatic rings. The maximum Gasteiger partial charge on any atom is 0.243 e. The Morgan fingerprint density at radius 1 is 1.03 bits per heavy atom. The topological polar surface area (TPSA) is 66.4 Å². The monoisotopic (exact) mass is 440 g/mol. The predicted octanol–water partition coefficient (Wildman–Crippen LogP) is 3.92. The minimum absolute atomic E-state index is 0.163. The lowest BCUT2D eigenvalue weighted by atomic mass is 9.90. The molecule has 0 spiro atoms. The lowest BCUT2D eigenvalue weighted by Crippen LogP contribution is -2.39. The molecule has 0 N–H and O–H groups in total. The number of piperidine rings is 1. The maximum atomic E-state index is 14.6. The van der Waals surface area contributed by atoms with Crippen LogP contribution in [0.1, 0.15) is 24.5 Å². The molecule has 1 saturated heterocycles. The fourth-order valence-electron chi connectivity index (χ4n) is 3.92. The average molecular weight is 441 g/mol. The summed E-state index contributed by atoms with van der Waals surface area (Å²) in [5.74, 6) is -0.00352. The van der Waals surface area contributed by atoms with Crippen LogP contribution in [-0.2, 0) is 10.0 Å². The highest BCUT2D eigenvalue weighted by Crippen LogP contribution is 2.36. The van der Waals surface area contributed by atoms with Crippen molar-refractivity contribution in [3.63, 3.8) is 0 Å². The molecule has 0 aliphatic carbocycles. The van der Waals surface area contributed by atoms with Gasteiger partial charge in [-0.2, -0.15) is 4.31 Å². The number of anilines is 1. The van der Waals surface area contributed by atoms with Gasteiger partial charge < -0.3 is 4.90 Å². The molecule has 0 saturated carbocycles. The predicted molar refractivity (Wildman–Crippen MR) is 119 cm³/mol. The zero-order valence-electron chi connectivity index (χ0n) is 17.6. The molecule has 0 unspecified atom stereocenters. The normalized spacial score (nSPS) is 17.5. The van der Waals surface area contributed by atoms with Gasteiger partial charge in [-0.3, -0.25) is 0 Å². The summed E-state index contributed by atoms with van der Waals surface area (Å²) in [6, 6.07) is 15.0. The Morgan fingerprint density at radius 2 is 1.74 bits per heavy atom. The van der Waals surface area contributed by atoms with Gasteiger partial charge in [0.25, 0.3) is 0 Å². The number of sulfonamides is 1. The van der Waals surface area contributed by atoms with Gasteiger partial charge >= 0.3 is 0 Å². The molecule has 1 aromatic heterocycles. The SMILES string of the molecule is CN(C)c1ncc(-c2ccccc2F)c([C@@H]2CCCN(S(=O)(=O)c3ccccc3)C2)n1. The van der Waals surface area contributed by atoms with E-state index in [1.54, 1.807) is 59.6 Å². The van der Waals surface area contributed by atoms with E-state index in [1.807, 2.05) is 14.1 Å². The first kappa shape index (κ1) is 21.4. The van der Waals surface area contributed by atoms with Gasteiger partial charge in [-0.1, -0.05) is 36.4 Å². The number of aromatic nitrogens is 2. The second-order valence-electron chi connectivity index (χ2n) is 7.86. The summed E-state index contributed by atoms with van der Waals surface area (Å²) in [5, 5.41) is 0. The zero-order chi connectivity index (χ0) is 22.0. The van der Waals surface area contributed by atoms with Crippen molar-refractivity contribution in [1.29, 1.82) is 0 Å². The van der Waals surface area contributed by atoms with Gasteiger partial charge in [0.1, 0.15) is 5.82 Å². The number of rotatable bonds is 5. The Bertz CT molecular complexity index is 1170. The van der Waals surface area contributed by atoms with Crippen molar-refractivity contribution in [2.24, 2.45) is 0 Å². The molecule has 1 atom stereocenters. The number of hydrogen-bond donors (Lipinski definition) is 0. The first-order chi connectivity index (χ1) is 14.9. The second kappa shape index (κ2) is 8.72. The van der Waals surface area contributed by atoms with E-state index < -0.39 is 10.0 Å². The van der Waals surface area contributed by atoms with E-state index in [0.29, 0.717) is 42.3 Å². The van der Waals surface area contributed by atoms with Crippen molar-refractivity contribution in [2.75, 3.05) is 32.1 Å². The van der Waals surface area contributed by atoms with E-state index in [1.165, 1.54) is 10.4 Å². The minimum Gasteiger partial charge on any atom is -0.347 e. The van der Waals surface area contributed by atoms with E-state index in [0.717, 1.165) is 6.42 Å². The van der Waals surface area contributed by atoms with Crippen LogP contribution in [0.2, 0.25) is 0 Å². The van der Waals surface area contributed by atoms with E-state index in [9.17, 15) is 12.8 Å². The van der Waals surface area contributed by atoms with Crippen molar-refractivity contribution < 1.29 is 12.8 Å². The van der Waals surface area contributed by atoms with E-state index in [4.69, 9.17) is 4.98 Å². The first-order valence-corrected chi connectivity index (χ1v) is 11.7. The van der Waals surface area contributed by atoms with Gasteiger partial charge in [-0.05, 0) is 31.0 Å². The molecule has 0 amide bonds. The van der Waals surface area contributed by atoms with E-state index >= 15 is 0 Å². The molecule has 162 valence electrons. The van der Waals surface area contributed by atoms with Gasteiger partial charge in [-0.15, -0.1) is 0 Å². The van der Waals surface area contributed by atoms with Crippen LogP contribution in [0.4, 0.5) is 10.3 Å². The van der Waals surface area contributed by atoms with Crippen LogP contribution in [0.5, 0.6) is 0 Å². The molecule has 3 aromatic rings. The Labute approximate surface area is 182 Å². The van der Waals surface area contributed by atoms with E-state index in [-0.39, 0.29) is 16.6 Å². The largest absolute Gasteiger partial charge is 0.347 e. The zero-order valence-corrected chi connectivity index (χ0v) is 18.4. The Kier molecular flexibility index (Phi) is 6.02. The number of hydrogen-bond acceptors (Lipinski definition) is 5. The molecule has 0 bridgehead atoms. The molecule has 1 fully saturated rings. The molecule has 2 aromatic carbocycles. The lowest BCUT2D eigenvalue weighted by Gasteiger charge is -2.32. The second-order valence-corrected chi connectivity index (χ2v) is 9.80. The quantitative estimate of drug-likeness (QED) is 0.602. The molecular weight excluding hydrogens is 415 g/mol. The molecule has 0 radical (unpaired) electrons. The molecule has 31 heavy (non-hydrogen) atoms. The Hall–Kier alpha value is -2.84. The summed E-state index contributed by atoms with van der Waals surface area (Å²) in [4.78, 5) is 11.2. The third-order valence-corrected chi connectivity index (χ3v) is 7.40. The third-order valence-electron chi connectivity index (χ3n) is 5.52. The molecule has 8 heteroatoms. The maximum absolute atomic E-state index is 14.6. The Balaban J connectivity index is 1.74. The van der Waals surface area contributed by atoms with Crippen molar-refractivity contribution >= 4 is 16.0 Å². The van der Waals surface area contributed by atoms with Crippen LogP contribution < -0.4 is 4.90 Å². The Morgan fingerprint density at radius 3 is 2.45 bits per heavy atom. The third kappa shape index (κ3) is 4.31. The summed E-state index contributed by atoms with van der Waals surface area (Å²) in [6.45, 7) is 0.747.